The Balaban J connectivity index is 1.47. The number of nitrogens with zero attached hydrogens (tertiary/aromatic N) is 4. The highest BCUT2D eigenvalue weighted by atomic mass is 19.1. The molecule has 0 atom stereocenters. The van der Waals surface area contributed by atoms with Crippen LogP contribution in [0.2, 0.25) is 0 Å². The number of alkyl halides is 1. The number of likely N-dealkylation sites (tertiary alicyclic amines) is 1. The van der Waals surface area contributed by atoms with Gasteiger partial charge < -0.3 is 15.4 Å². The van der Waals surface area contributed by atoms with Crippen LogP contribution in [0.5, 0.6) is 6.01 Å². The molecule has 1 aliphatic heterocycles. The molecule has 8 heteroatoms. The van der Waals surface area contributed by atoms with Crippen LogP contribution in [-0.2, 0) is 18.0 Å². The molecular formula is C22H30FN5O2. The van der Waals surface area contributed by atoms with Gasteiger partial charge >= 0.3 is 6.01 Å². The number of nitrogen functional groups attached to an aromatic ring is 1. The summed E-state index contributed by atoms with van der Waals surface area (Å²) in [5.41, 5.74) is 9.50. The zero-order chi connectivity index (χ0) is 21.7. The van der Waals surface area contributed by atoms with Crippen molar-refractivity contribution in [3.8, 4) is 6.01 Å². The number of aryl methyl sites for hydroxylation is 2. The number of carbonyl (C=O) groups excluding carboxylic acids is 1. The third kappa shape index (κ3) is 5.44. The molecule has 0 spiro atoms. The fourth-order valence-corrected chi connectivity index (χ4v) is 3.72. The van der Waals surface area contributed by atoms with Crippen LogP contribution in [0.3, 0.4) is 0 Å². The quantitative estimate of drug-likeness (QED) is 0.748. The summed E-state index contributed by atoms with van der Waals surface area (Å²) in [6.45, 7) is 5.61. The molecule has 1 aromatic heterocycles. The second-order valence-electron chi connectivity index (χ2n) is 7.84. The summed E-state index contributed by atoms with van der Waals surface area (Å²) in [6, 6.07) is 7.99. The molecule has 0 unspecified atom stereocenters. The topological polar surface area (TPSA) is 84.6 Å². The molecule has 30 heavy (non-hydrogen) atoms. The SMILES string of the molecule is Cc1nc(OCC(=O)N(C)C2CCN(Cc3cccc(CF)c3)CC2)nc(C)c1N. The van der Waals surface area contributed by atoms with Crippen LogP contribution < -0.4 is 10.5 Å². The number of rotatable bonds is 7. The van der Waals surface area contributed by atoms with Gasteiger partial charge in [0.1, 0.15) is 6.67 Å². The lowest BCUT2D eigenvalue weighted by Gasteiger charge is -2.36. The maximum absolute atomic E-state index is 12.9. The highest BCUT2D eigenvalue weighted by Crippen LogP contribution is 2.19. The van der Waals surface area contributed by atoms with E-state index in [9.17, 15) is 9.18 Å². The summed E-state index contributed by atoms with van der Waals surface area (Å²) in [4.78, 5) is 25.0. The third-order valence-electron chi connectivity index (χ3n) is 5.68. The van der Waals surface area contributed by atoms with Crippen LogP contribution in [0.1, 0.15) is 35.4 Å². The molecule has 0 bridgehead atoms. The zero-order valence-electron chi connectivity index (χ0n) is 17.9. The van der Waals surface area contributed by atoms with Crippen LogP contribution in [-0.4, -0.2) is 58.5 Å². The highest BCUT2D eigenvalue weighted by molar-refractivity contribution is 5.77. The van der Waals surface area contributed by atoms with E-state index in [0.717, 1.165) is 38.0 Å². The number of ether oxygens (including phenoxy) is 1. The van der Waals surface area contributed by atoms with Crippen LogP contribution in [0.25, 0.3) is 0 Å². The number of aromatic nitrogens is 2. The Labute approximate surface area is 177 Å². The van der Waals surface area contributed by atoms with Crippen molar-refractivity contribution in [1.29, 1.82) is 0 Å². The van der Waals surface area contributed by atoms with Crippen molar-refractivity contribution >= 4 is 11.6 Å². The zero-order valence-corrected chi connectivity index (χ0v) is 17.9. The molecule has 1 saturated heterocycles. The van der Waals surface area contributed by atoms with E-state index in [1.165, 1.54) is 0 Å². The average Bonchev–Trinajstić information content (AvgIpc) is 2.75. The van der Waals surface area contributed by atoms with Gasteiger partial charge in [0.2, 0.25) is 0 Å². The van der Waals surface area contributed by atoms with Gasteiger partial charge in [0, 0.05) is 32.7 Å². The van der Waals surface area contributed by atoms with Gasteiger partial charge in [0.15, 0.2) is 6.61 Å². The van der Waals surface area contributed by atoms with E-state index in [4.69, 9.17) is 10.5 Å². The van der Waals surface area contributed by atoms with Gasteiger partial charge in [-0.1, -0.05) is 24.3 Å². The molecule has 3 rings (SSSR count). The van der Waals surface area contributed by atoms with E-state index < -0.39 is 6.67 Å². The number of halogens is 1. The van der Waals surface area contributed by atoms with E-state index in [1.807, 2.05) is 25.2 Å². The van der Waals surface area contributed by atoms with Crippen LogP contribution >= 0.6 is 0 Å². The van der Waals surface area contributed by atoms with E-state index >= 15 is 0 Å². The van der Waals surface area contributed by atoms with Crippen molar-refractivity contribution in [1.82, 2.24) is 19.8 Å². The molecular weight excluding hydrogens is 385 g/mol. The first-order valence-electron chi connectivity index (χ1n) is 10.2. The molecule has 7 nitrogen and oxygen atoms in total. The van der Waals surface area contributed by atoms with Gasteiger partial charge in [-0.3, -0.25) is 9.69 Å². The monoisotopic (exact) mass is 415 g/mol. The summed E-state index contributed by atoms with van der Waals surface area (Å²) < 4.78 is 18.4. The summed E-state index contributed by atoms with van der Waals surface area (Å²) in [7, 11) is 1.82. The van der Waals surface area contributed by atoms with E-state index in [1.54, 1.807) is 24.8 Å². The number of amides is 1. The summed E-state index contributed by atoms with van der Waals surface area (Å²) in [5, 5.41) is 0. The maximum atomic E-state index is 12.9. The van der Waals surface area contributed by atoms with Crippen molar-refractivity contribution < 1.29 is 13.9 Å². The molecule has 2 aromatic rings. The molecule has 0 radical (unpaired) electrons. The number of piperidine rings is 1. The number of hydrogen-bond acceptors (Lipinski definition) is 6. The Morgan fingerprint density at radius 1 is 1.23 bits per heavy atom. The molecule has 1 fully saturated rings. The lowest BCUT2D eigenvalue weighted by Crippen LogP contribution is -2.46. The Morgan fingerprint density at radius 2 is 1.87 bits per heavy atom. The third-order valence-corrected chi connectivity index (χ3v) is 5.68. The van der Waals surface area contributed by atoms with Gasteiger partial charge in [-0.25, -0.2) is 4.39 Å². The van der Waals surface area contributed by atoms with Crippen LogP contribution in [0.4, 0.5) is 10.1 Å². The molecule has 0 aliphatic carbocycles. The Hall–Kier alpha value is -2.74. The first-order chi connectivity index (χ1) is 14.4. The molecule has 1 aliphatic rings. The van der Waals surface area contributed by atoms with E-state index in [2.05, 4.69) is 14.9 Å². The van der Waals surface area contributed by atoms with E-state index in [-0.39, 0.29) is 24.6 Å². The number of carbonyl (C=O) groups is 1. The second kappa shape index (κ2) is 9.84. The summed E-state index contributed by atoms with van der Waals surface area (Å²) in [5.74, 6) is -0.0974. The predicted molar refractivity (Wildman–Crippen MR) is 114 cm³/mol. The standard InChI is InChI=1S/C22H30FN5O2/c1-15-21(24)16(2)26-22(25-15)30-14-20(29)27(3)19-7-9-28(10-8-19)13-18-6-4-5-17(11-18)12-23/h4-6,11,19H,7-10,12-14,24H2,1-3H3. The van der Waals surface area contributed by atoms with Gasteiger partial charge in [-0.2, -0.15) is 9.97 Å². The lowest BCUT2D eigenvalue weighted by atomic mass is 10.0. The van der Waals surface area contributed by atoms with Crippen molar-refractivity contribution in [2.75, 3.05) is 32.5 Å². The smallest absolute Gasteiger partial charge is 0.317 e. The van der Waals surface area contributed by atoms with Gasteiger partial charge in [0.25, 0.3) is 5.91 Å². The maximum Gasteiger partial charge on any atom is 0.317 e. The van der Waals surface area contributed by atoms with Crippen molar-refractivity contribution in [2.24, 2.45) is 0 Å². The Bertz CT molecular complexity index is 861. The van der Waals surface area contributed by atoms with Crippen LogP contribution in [0, 0.1) is 13.8 Å². The minimum Gasteiger partial charge on any atom is -0.453 e. The first kappa shape index (κ1) is 22.0. The second-order valence-corrected chi connectivity index (χ2v) is 7.84. The summed E-state index contributed by atoms with van der Waals surface area (Å²) in [6.07, 6.45) is 1.78. The largest absolute Gasteiger partial charge is 0.453 e. The van der Waals surface area contributed by atoms with E-state index in [0.29, 0.717) is 22.6 Å². The number of anilines is 1. The summed E-state index contributed by atoms with van der Waals surface area (Å²) >= 11 is 0. The van der Waals surface area contributed by atoms with Crippen molar-refractivity contribution in [3.05, 3.63) is 46.8 Å². The van der Waals surface area contributed by atoms with Crippen LogP contribution in [0.15, 0.2) is 24.3 Å². The van der Waals surface area contributed by atoms with Gasteiger partial charge in [-0.05, 0) is 37.8 Å². The highest BCUT2D eigenvalue weighted by Gasteiger charge is 2.26. The Kier molecular flexibility index (Phi) is 7.20. The molecule has 1 amide bonds. The number of hydrogen-bond donors (Lipinski definition) is 1. The fraction of sp³-hybridized carbons (Fsp3) is 0.500. The molecule has 162 valence electrons. The number of benzene rings is 1. The number of nitrogens with two attached hydrogens (primary N) is 1. The number of likely N-dealkylation sites (N-methyl/N-ethyl adjacent to an activating group) is 1. The molecule has 1 aromatic carbocycles. The van der Waals surface area contributed by atoms with Gasteiger partial charge in [0.05, 0.1) is 17.1 Å². The normalized spacial score (nSPS) is 15.2. The average molecular weight is 416 g/mol. The van der Waals surface area contributed by atoms with Crippen molar-refractivity contribution in [3.63, 3.8) is 0 Å². The minimum absolute atomic E-state index is 0.0974. The molecule has 2 heterocycles. The fourth-order valence-electron chi connectivity index (χ4n) is 3.72. The predicted octanol–water partition coefficient (Wildman–Crippen LogP) is 2.65. The minimum atomic E-state index is -0.439. The van der Waals surface area contributed by atoms with Gasteiger partial charge in [-0.15, -0.1) is 0 Å². The lowest BCUT2D eigenvalue weighted by molar-refractivity contribution is -0.135. The Morgan fingerprint density at radius 3 is 2.50 bits per heavy atom. The first-order valence-corrected chi connectivity index (χ1v) is 10.2. The molecule has 2 N–H and O–H groups in total. The van der Waals surface area contributed by atoms with Crippen molar-refractivity contribution in [2.45, 2.75) is 46.0 Å². The molecule has 0 saturated carbocycles.